The molecule has 0 aromatic carbocycles. The van der Waals surface area contributed by atoms with E-state index in [0.717, 1.165) is 0 Å². The Balaban J connectivity index is 3.81. The van der Waals surface area contributed by atoms with Crippen molar-refractivity contribution in [2.45, 2.75) is 31.9 Å². The molecule has 0 aromatic rings. The van der Waals surface area contributed by atoms with Crippen molar-refractivity contribution >= 4 is 11.9 Å². The highest BCUT2D eigenvalue weighted by molar-refractivity contribution is 5.78. The van der Waals surface area contributed by atoms with Gasteiger partial charge in [-0.1, -0.05) is 0 Å². The molecule has 0 aromatic heterocycles. The second-order valence-electron chi connectivity index (χ2n) is 3.82. The number of aliphatic carboxylic acids is 1. The number of carboxylic acid groups (broad SMARTS) is 1. The Morgan fingerprint density at radius 3 is 2.36 bits per heavy atom. The number of nitrogens with one attached hydrogen (secondary N) is 1. The smallest absolute Gasteiger partial charge is 0.334 e. The van der Waals surface area contributed by atoms with E-state index < -0.39 is 17.6 Å². The maximum atomic E-state index is 11.1. The molecule has 1 atom stereocenters. The minimum absolute atomic E-state index is 0.0827. The third kappa shape index (κ3) is 6.38. The van der Waals surface area contributed by atoms with Crippen molar-refractivity contribution in [3.63, 3.8) is 0 Å². The van der Waals surface area contributed by atoms with Gasteiger partial charge in [0.1, 0.15) is 0 Å². The van der Waals surface area contributed by atoms with Gasteiger partial charge in [-0.15, -0.1) is 0 Å². The van der Waals surface area contributed by atoms with E-state index in [1.807, 2.05) is 0 Å². The van der Waals surface area contributed by atoms with E-state index in [4.69, 9.17) is 15.9 Å². The molecule has 6 nitrogen and oxygen atoms in total. The summed E-state index contributed by atoms with van der Waals surface area (Å²) in [4.78, 5) is 21.3. The minimum atomic E-state index is -1.57. The number of aliphatic hydroxyl groups is 1. The lowest BCUT2D eigenvalue weighted by Gasteiger charge is -2.17. The van der Waals surface area contributed by atoms with Gasteiger partial charge in [-0.05, 0) is 13.8 Å². The van der Waals surface area contributed by atoms with Crippen molar-refractivity contribution in [3.05, 3.63) is 0 Å². The van der Waals surface area contributed by atoms with Crippen molar-refractivity contribution in [2.75, 3.05) is 6.54 Å². The molecule has 0 radical (unpaired) electrons. The van der Waals surface area contributed by atoms with Crippen LogP contribution in [0.25, 0.3) is 0 Å². The van der Waals surface area contributed by atoms with Crippen molar-refractivity contribution in [3.8, 4) is 0 Å². The molecule has 5 N–H and O–H groups in total. The van der Waals surface area contributed by atoms with Gasteiger partial charge in [0.05, 0.1) is 6.54 Å². The number of carboxylic acids is 1. The van der Waals surface area contributed by atoms with E-state index in [2.05, 4.69) is 5.32 Å². The summed E-state index contributed by atoms with van der Waals surface area (Å²) in [5.41, 5.74) is 4.92. The molecule has 0 fully saturated rings. The molecule has 0 saturated carbocycles. The number of hydrogen-bond acceptors (Lipinski definition) is 4. The van der Waals surface area contributed by atoms with E-state index in [1.54, 1.807) is 13.8 Å². The fraction of sp³-hybridized carbons (Fsp3) is 0.750. The first-order valence-electron chi connectivity index (χ1n) is 4.19. The molecule has 0 heterocycles. The van der Waals surface area contributed by atoms with Gasteiger partial charge in [0, 0.05) is 12.0 Å². The minimum Gasteiger partial charge on any atom is -0.479 e. The van der Waals surface area contributed by atoms with Crippen LogP contribution >= 0.6 is 0 Å². The van der Waals surface area contributed by atoms with Gasteiger partial charge >= 0.3 is 5.97 Å². The van der Waals surface area contributed by atoms with Gasteiger partial charge < -0.3 is 21.3 Å². The molecule has 0 bridgehead atoms. The van der Waals surface area contributed by atoms with E-state index in [-0.39, 0.29) is 18.9 Å². The standard InChI is InChI=1S/C8H16N2O4/c1-8(2,9)3-6(12)10-4-5(11)7(13)14/h5,11H,3-4,9H2,1-2H3,(H,10,12)(H,13,14). The summed E-state index contributed by atoms with van der Waals surface area (Å²) >= 11 is 0. The number of hydrogen-bond donors (Lipinski definition) is 4. The molecule has 82 valence electrons. The van der Waals surface area contributed by atoms with Crippen LogP contribution in [0.15, 0.2) is 0 Å². The zero-order valence-electron chi connectivity index (χ0n) is 8.28. The molecule has 0 saturated heterocycles. The Morgan fingerprint density at radius 1 is 1.50 bits per heavy atom. The average Bonchev–Trinajstić information content (AvgIpc) is 1.96. The number of aliphatic hydroxyl groups excluding tert-OH is 1. The maximum Gasteiger partial charge on any atom is 0.334 e. The predicted molar refractivity (Wildman–Crippen MR) is 49.5 cm³/mol. The summed E-state index contributed by atoms with van der Waals surface area (Å²) in [7, 11) is 0. The lowest BCUT2D eigenvalue weighted by atomic mass is 10.0. The van der Waals surface area contributed by atoms with Crippen LogP contribution in [0.1, 0.15) is 20.3 Å². The molecule has 1 amide bonds. The van der Waals surface area contributed by atoms with E-state index in [1.165, 1.54) is 0 Å². The van der Waals surface area contributed by atoms with Crippen molar-refractivity contribution in [1.82, 2.24) is 5.32 Å². The fourth-order valence-corrected chi connectivity index (χ4v) is 0.774. The highest BCUT2D eigenvalue weighted by atomic mass is 16.4. The van der Waals surface area contributed by atoms with Crippen LogP contribution in [-0.2, 0) is 9.59 Å². The van der Waals surface area contributed by atoms with Crippen LogP contribution in [0, 0.1) is 0 Å². The van der Waals surface area contributed by atoms with Gasteiger partial charge in [-0.2, -0.15) is 0 Å². The number of carbonyl (C=O) groups is 2. The van der Waals surface area contributed by atoms with E-state index >= 15 is 0 Å². The summed E-state index contributed by atoms with van der Waals surface area (Å²) in [5.74, 6) is -1.74. The van der Waals surface area contributed by atoms with Gasteiger partial charge in [0.2, 0.25) is 5.91 Å². The summed E-state index contributed by atoms with van der Waals surface area (Å²) in [6, 6.07) is 0. The van der Waals surface area contributed by atoms with Gasteiger partial charge in [0.15, 0.2) is 6.10 Å². The average molecular weight is 204 g/mol. The van der Waals surface area contributed by atoms with Crippen LogP contribution in [0.3, 0.4) is 0 Å². The molecular formula is C8H16N2O4. The highest BCUT2D eigenvalue weighted by Gasteiger charge is 2.18. The Labute approximate surface area is 82.1 Å². The summed E-state index contributed by atoms with van der Waals surface area (Å²) < 4.78 is 0. The number of rotatable bonds is 5. The van der Waals surface area contributed by atoms with E-state index in [0.29, 0.717) is 0 Å². The monoisotopic (exact) mass is 204 g/mol. The van der Waals surface area contributed by atoms with Crippen LogP contribution < -0.4 is 11.1 Å². The molecular weight excluding hydrogens is 188 g/mol. The SMILES string of the molecule is CC(C)(N)CC(=O)NCC(O)C(=O)O. The molecule has 14 heavy (non-hydrogen) atoms. The van der Waals surface area contributed by atoms with E-state index in [9.17, 15) is 9.59 Å². The zero-order chi connectivity index (χ0) is 11.4. The number of carbonyl (C=O) groups excluding carboxylic acids is 1. The number of amides is 1. The molecule has 6 heteroatoms. The first kappa shape index (κ1) is 12.9. The van der Waals surface area contributed by atoms with Gasteiger partial charge in [-0.25, -0.2) is 4.79 Å². The quantitative estimate of drug-likeness (QED) is 0.443. The Morgan fingerprint density at radius 2 is 2.00 bits per heavy atom. The van der Waals surface area contributed by atoms with Crippen molar-refractivity contribution in [1.29, 1.82) is 0 Å². The summed E-state index contributed by atoms with van der Waals surface area (Å²) in [5, 5.41) is 19.4. The summed E-state index contributed by atoms with van der Waals surface area (Å²) in [6.45, 7) is 3.06. The van der Waals surface area contributed by atoms with Gasteiger partial charge in [0.25, 0.3) is 0 Å². The topological polar surface area (TPSA) is 113 Å². The molecule has 0 aliphatic rings. The predicted octanol–water partition coefficient (Wildman–Crippen LogP) is -1.32. The number of nitrogens with two attached hydrogens (primary N) is 1. The lowest BCUT2D eigenvalue weighted by Crippen LogP contribution is -2.42. The van der Waals surface area contributed by atoms with Crippen molar-refractivity contribution in [2.24, 2.45) is 5.73 Å². The first-order chi connectivity index (χ1) is 6.22. The Hall–Kier alpha value is -1.14. The summed E-state index contributed by atoms with van der Waals surface area (Å²) in [6.07, 6.45) is -1.49. The Bertz CT molecular complexity index is 222. The molecule has 1 unspecified atom stereocenters. The molecule has 0 aliphatic heterocycles. The Kier molecular flexibility index (Phi) is 4.52. The van der Waals surface area contributed by atoms with Gasteiger partial charge in [-0.3, -0.25) is 4.79 Å². The zero-order valence-corrected chi connectivity index (χ0v) is 8.28. The largest absolute Gasteiger partial charge is 0.479 e. The molecule has 0 spiro atoms. The first-order valence-corrected chi connectivity index (χ1v) is 4.19. The maximum absolute atomic E-state index is 11.1. The lowest BCUT2D eigenvalue weighted by molar-refractivity contribution is -0.146. The third-order valence-corrected chi connectivity index (χ3v) is 1.39. The van der Waals surface area contributed by atoms with Crippen LogP contribution in [0.2, 0.25) is 0 Å². The molecule has 0 aliphatic carbocycles. The van der Waals surface area contributed by atoms with Crippen molar-refractivity contribution < 1.29 is 19.8 Å². The van der Waals surface area contributed by atoms with Crippen LogP contribution in [0.4, 0.5) is 0 Å². The second-order valence-corrected chi connectivity index (χ2v) is 3.82. The fourth-order valence-electron chi connectivity index (χ4n) is 0.774. The van der Waals surface area contributed by atoms with Crippen LogP contribution in [-0.4, -0.2) is 40.3 Å². The molecule has 0 rings (SSSR count). The highest BCUT2D eigenvalue weighted by Crippen LogP contribution is 2.02. The normalized spacial score (nSPS) is 13.4. The second kappa shape index (κ2) is 4.92. The van der Waals surface area contributed by atoms with Crippen LogP contribution in [0.5, 0.6) is 0 Å². The third-order valence-electron chi connectivity index (χ3n) is 1.39.